The minimum Gasteiger partial charge on any atom is -0.480 e. The number of rotatable bonds is 5. The van der Waals surface area contributed by atoms with Crippen LogP contribution in [0.1, 0.15) is 32.7 Å². The molecule has 1 saturated heterocycles. The van der Waals surface area contributed by atoms with Crippen molar-refractivity contribution in [2.45, 2.75) is 24.7 Å². The quantitative estimate of drug-likeness (QED) is 0.640. The molecule has 1 aliphatic rings. The van der Waals surface area contributed by atoms with Crippen LogP contribution in [0.25, 0.3) is 0 Å². The van der Waals surface area contributed by atoms with Gasteiger partial charge in [0.25, 0.3) is 5.91 Å². The number of amides is 1. The second-order valence-electron chi connectivity index (χ2n) is 6.67. The van der Waals surface area contributed by atoms with Gasteiger partial charge in [-0.15, -0.1) is 0 Å². The molecule has 1 fully saturated rings. The molecule has 1 amide bonds. The van der Waals surface area contributed by atoms with Gasteiger partial charge in [0.05, 0.1) is 11.1 Å². The molecule has 10 heteroatoms. The van der Waals surface area contributed by atoms with E-state index in [0.29, 0.717) is 5.69 Å². The van der Waals surface area contributed by atoms with Gasteiger partial charge in [-0.1, -0.05) is 0 Å². The van der Waals surface area contributed by atoms with E-state index in [2.05, 4.69) is 10.6 Å². The third-order valence-electron chi connectivity index (χ3n) is 4.52. The highest BCUT2D eigenvalue weighted by Gasteiger charge is 2.32. The number of anilines is 1. The number of halogens is 3. The maximum absolute atomic E-state index is 12.6. The molecule has 0 spiro atoms. The average Bonchev–Trinajstić information content (AvgIpc) is 3.17. The highest BCUT2D eigenvalue weighted by molar-refractivity contribution is 6.04. The van der Waals surface area contributed by atoms with Crippen molar-refractivity contribution in [1.82, 2.24) is 5.32 Å². The molecule has 3 N–H and O–H groups in total. The number of carbonyl (C=O) groups excluding carboxylic acids is 2. The van der Waals surface area contributed by atoms with Gasteiger partial charge >= 0.3 is 18.1 Å². The van der Waals surface area contributed by atoms with Crippen molar-refractivity contribution < 1.29 is 37.4 Å². The molecule has 2 aromatic rings. The number of carboxylic acids is 1. The molecule has 0 bridgehead atoms. The molecule has 0 saturated carbocycles. The van der Waals surface area contributed by atoms with Crippen LogP contribution in [-0.4, -0.2) is 41.6 Å². The summed E-state index contributed by atoms with van der Waals surface area (Å²) < 4.78 is 43.0. The molecule has 0 unspecified atom stereocenters. The molecule has 3 rings (SSSR count). The van der Waals surface area contributed by atoms with Gasteiger partial charge in [0.2, 0.25) is 0 Å². The smallest absolute Gasteiger partial charge is 0.416 e. The Hall–Kier alpha value is -3.40. The molecule has 0 radical (unpaired) electrons. The Morgan fingerprint density at radius 2 is 1.60 bits per heavy atom. The summed E-state index contributed by atoms with van der Waals surface area (Å²) >= 11 is 0. The van der Waals surface area contributed by atoms with Crippen molar-refractivity contribution >= 4 is 23.5 Å². The van der Waals surface area contributed by atoms with Crippen LogP contribution in [0, 0.1) is 0 Å². The van der Waals surface area contributed by atoms with Crippen LogP contribution in [0.4, 0.5) is 18.9 Å². The number of carboxylic acid groups (broad SMARTS) is 1. The lowest BCUT2D eigenvalue weighted by molar-refractivity contribution is -0.139. The number of esters is 1. The van der Waals surface area contributed by atoms with Gasteiger partial charge in [-0.25, -0.2) is 4.79 Å². The van der Waals surface area contributed by atoms with Crippen molar-refractivity contribution in [3.63, 3.8) is 0 Å². The fourth-order valence-electron chi connectivity index (χ4n) is 2.90. The fraction of sp³-hybridized carbons (Fsp3) is 0.250. The maximum atomic E-state index is 12.6. The van der Waals surface area contributed by atoms with E-state index in [1.807, 2.05) is 0 Å². The third kappa shape index (κ3) is 5.15. The van der Waals surface area contributed by atoms with Crippen LogP contribution >= 0.6 is 0 Å². The van der Waals surface area contributed by atoms with Gasteiger partial charge < -0.3 is 20.5 Å². The summed E-state index contributed by atoms with van der Waals surface area (Å²) in [6, 6.07) is 8.77. The van der Waals surface area contributed by atoms with E-state index in [1.165, 1.54) is 24.3 Å². The second-order valence-corrected chi connectivity index (χ2v) is 6.67. The molecule has 0 aromatic heterocycles. The highest BCUT2D eigenvalue weighted by Crippen LogP contribution is 2.29. The summed E-state index contributed by atoms with van der Waals surface area (Å²) in [4.78, 5) is 35.2. The second kappa shape index (κ2) is 8.54. The van der Waals surface area contributed by atoms with Crippen LogP contribution in [0.15, 0.2) is 48.5 Å². The van der Waals surface area contributed by atoms with Gasteiger partial charge in [0.15, 0.2) is 0 Å². The van der Waals surface area contributed by atoms with Gasteiger partial charge in [0.1, 0.15) is 12.1 Å². The van der Waals surface area contributed by atoms with E-state index in [0.717, 1.165) is 24.3 Å². The number of nitrogens with one attached hydrogen (secondary N) is 2. The number of hydrogen-bond donors (Lipinski definition) is 3. The van der Waals surface area contributed by atoms with Gasteiger partial charge in [-0.2, -0.15) is 13.2 Å². The Kier molecular flexibility index (Phi) is 6.06. The summed E-state index contributed by atoms with van der Waals surface area (Å²) in [6.45, 7) is 0.240. The van der Waals surface area contributed by atoms with E-state index in [-0.39, 0.29) is 24.1 Å². The first kappa shape index (κ1) is 21.3. The zero-order valence-electron chi connectivity index (χ0n) is 15.4. The minimum atomic E-state index is -4.48. The number of aliphatic carboxylic acids is 1. The lowest BCUT2D eigenvalue weighted by atomic mass is 10.1. The maximum Gasteiger partial charge on any atom is 0.416 e. The Morgan fingerprint density at radius 1 is 1.00 bits per heavy atom. The SMILES string of the molecule is O=C(Nc1ccc(C(=O)O[C@@H]2CN[C@H](C(=O)O)C2)cc1)c1ccc(C(F)(F)F)cc1. The van der Waals surface area contributed by atoms with Crippen LogP contribution < -0.4 is 10.6 Å². The summed E-state index contributed by atoms with van der Waals surface area (Å²) in [7, 11) is 0. The number of ether oxygens (including phenoxy) is 1. The van der Waals surface area contributed by atoms with Gasteiger partial charge in [-0.3, -0.25) is 9.59 Å². The average molecular weight is 422 g/mol. The number of benzene rings is 2. The van der Waals surface area contributed by atoms with E-state index in [4.69, 9.17) is 9.84 Å². The summed E-state index contributed by atoms with van der Waals surface area (Å²) in [6.07, 6.45) is -4.87. The van der Waals surface area contributed by atoms with E-state index in [1.54, 1.807) is 0 Å². The van der Waals surface area contributed by atoms with Crippen LogP contribution in [0.3, 0.4) is 0 Å². The molecule has 0 aliphatic carbocycles. The standard InChI is InChI=1S/C20H17F3N2O5/c21-20(22,23)13-5-1-11(2-6-13)17(26)25-14-7-3-12(4-8-14)19(29)30-15-9-16(18(27)28)24-10-15/h1-8,15-16,24H,9-10H2,(H,25,26)(H,27,28)/t15-,16-/m0/s1. The predicted molar refractivity (Wildman–Crippen MR) is 99.1 cm³/mol. The fourth-order valence-corrected chi connectivity index (χ4v) is 2.90. The topological polar surface area (TPSA) is 105 Å². The van der Waals surface area contributed by atoms with Crippen molar-refractivity contribution in [3.8, 4) is 0 Å². The summed E-state index contributed by atoms with van der Waals surface area (Å²) in [5, 5.41) is 14.2. The first-order valence-corrected chi connectivity index (χ1v) is 8.89. The minimum absolute atomic E-state index is 0.0493. The molecule has 1 heterocycles. The molecule has 158 valence electrons. The Balaban J connectivity index is 1.57. The normalized spacial score (nSPS) is 18.6. The molecular weight excluding hydrogens is 405 g/mol. The van der Waals surface area contributed by atoms with Crippen LogP contribution in [0.2, 0.25) is 0 Å². The van der Waals surface area contributed by atoms with Crippen LogP contribution in [-0.2, 0) is 15.7 Å². The molecular formula is C20H17F3N2O5. The Labute approximate surface area is 168 Å². The molecule has 2 aromatic carbocycles. The van der Waals surface area contributed by atoms with E-state index >= 15 is 0 Å². The van der Waals surface area contributed by atoms with Gasteiger partial charge in [-0.05, 0) is 48.5 Å². The van der Waals surface area contributed by atoms with E-state index < -0.39 is 41.7 Å². The lowest BCUT2D eigenvalue weighted by Crippen LogP contribution is -2.30. The monoisotopic (exact) mass is 422 g/mol. The zero-order chi connectivity index (χ0) is 21.9. The predicted octanol–water partition coefficient (Wildman–Crippen LogP) is 2.93. The molecule has 7 nitrogen and oxygen atoms in total. The number of hydrogen-bond acceptors (Lipinski definition) is 5. The van der Waals surface area contributed by atoms with Crippen molar-refractivity contribution in [1.29, 1.82) is 0 Å². The summed E-state index contributed by atoms with van der Waals surface area (Å²) in [5.74, 6) is -2.24. The van der Waals surface area contributed by atoms with Crippen molar-refractivity contribution in [2.75, 3.05) is 11.9 Å². The largest absolute Gasteiger partial charge is 0.480 e. The van der Waals surface area contributed by atoms with Crippen molar-refractivity contribution in [3.05, 3.63) is 65.2 Å². The molecule has 2 atom stereocenters. The Bertz CT molecular complexity index is 942. The van der Waals surface area contributed by atoms with Crippen LogP contribution in [0.5, 0.6) is 0 Å². The first-order valence-electron chi connectivity index (χ1n) is 8.89. The van der Waals surface area contributed by atoms with E-state index in [9.17, 15) is 27.6 Å². The lowest BCUT2D eigenvalue weighted by Gasteiger charge is -2.11. The van der Waals surface area contributed by atoms with Crippen molar-refractivity contribution in [2.24, 2.45) is 0 Å². The zero-order valence-corrected chi connectivity index (χ0v) is 15.4. The molecule has 1 aliphatic heterocycles. The number of carbonyl (C=O) groups is 3. The summed E-state index contributed by atoms with van der Waals surface area (Å²) in [5.41, 5.74) is -0.256. The van der Waals surface area contributed by atoms with Gasteiger partial charge in [0, 0.05) is 24.2 Å². The first-order chi connectivity index (χ1) is 14.1. The Morgan fingerprint density at radius 3 is 2.13 bits per heavy atom. The third-order valence-corrected chi connectivity index (χ3v) is 4.52. The number of alkyl halides is 3. The highest BCUT2D eigenvalue weighted by atomic mass is 19.4. The molecule has 30 heavy (non-hydrogen) atoms.